The number of H-pyrrole nitrogens is 1. The summed E-state index contributed by atoms with van der Waals surface area (Å²) < 4.78 is 6.98. The number of para-hydroxylation sites is 2. The van der Waals surface area contributed by atoms with Gasteiger partial charge in [0, 0.05) is 5.56 Å². The summed E-state index contributed by atoms with van der Waals surface area (Å²) in [5.41, 5.74) is 1.70. The highest BCUT2D eigenvalue weighted by atomic mass is 16.5. The van der Waals surface area contributed by atoms with Crippen molar-refractivity contribution in [2.45, 2.75) is 6.92 Å². The Labute approximate surface area is 170 Å². The number of benzene rings is 2. The summed E-state index contributed by atoms with van der Waals surface area (Å²) in [5.74, 6) is 0.0591. The lowest BCUT2D eigenvalue weighted by Crippen LogP contribution is -2.21. The van der Waals surface area contributed by atoms with E-state index in [9.17, 15) is 14.4 Å². The molecule has 9 heteroatoms. The van der Waals surface area contributed by atoms with Gasteiger partial charge in [0.1, 0.15) is 11.1 Å². The normalized spacial score (nSPS) is 10.7. The molecule has 0 aliphatic heterocycles. The van der Waals surface area contributed by atoms with Gasteiger partial charge in [0.25, 0.3) is 11.5 Å². The molecular weight excluding hydrogens is 386 g/mol. The minimum atomic E-state index is -0.375. The number of hydrogen-bond acceptors (Lipinski definition) is 6. The van der Waals surface area contributed by atoms with Gasteiger partial charge in [-0.15, -0.1) is 0 Å². The Morgan fingerprint density at radius 3 is 2.67 bits per heavy atom. The number of nitrogens with one attached hydrogen (secondary N) is 2. The van der Waals surface area contributed by atoms with Crippen LogP contribution in [0.15, 0.2) is 65.8 Å². The maximum absolute atomic E-state index is 12.4. The predicted molar refractivity (Wildman–Crippen MR) is 110 cm³/mol. The minimum Gasteiger partial charge on any atom is -0.484 e. The summed E-state index contributed by atoms with van der Waals surface area (Å²) in [5, 5.41) is 7.36. The predicted octanol–water partition coefficient (Wildman–Crippen LogP) is 2.33. The van der Waals surface area contributed by atoms with Crippen molar-refractivity contribution in [2.24, 2.45) is 0 Å². The van der Waals surface area contributed by atoms with Gasteiger partial charge in [-0.25, -0.2) is 9.67 Å². The molecule has 4 aromatic rings. The van der Waals surface area contributed by atoms with Crippen molar-refractivity contribution in [3.8, 4) is 11.4 Å². The van der Waals surface area contributed by atoms with Crippen LogP contribution in [0.5, 0.6) is 5.75 Å². The Kier molecular flexibility index (Phi) is 5.08. The van der Waals surface area contributed by atoms with E-state index in [0.717, 1.165) is 0 Å². The van der Waals surface area contributed by atoms with Crippen LogP contribution in [0.25, 0.3) is 16.7 Å². The van der Waals surface area contributed by atoms with Crippen molar-refractivity contribution in [1.82, 2.24) is 19.7 Å². The van der Waals surface area contributed by atoms with E-state index in [0.29, 0.717) is 33.7 Å². The van der Waals surface area contributed by atoms with Gasteiger partial charge in [-0.05, 0) is 43.3 Å². The molecule has 2 heterocycles. The second kappa shape index (κ2) is 8.00. The molecule has 9 nitrogen and oxygen atoms in total. The standard InChI is InChI=1S/C21H17N5O4/c1-13(27)14-6-8-15(9-7-14)30-11-19(28)25-17-4-2-3-5-18(17)26-20-16(10-24-26)21(29)23-12-22-20/h2-10,12H,11H2,1H3,(H,25,28)(H,22,23,29). The molecule has 0 aliphatic carbocycles. The van der Waals surface area contributed by atoms with E-state index in [-0.39, 0.29) is 23.9 Å². The maximum Gasteiger partial charge on any atom is 0.262 e. The molecule has 0 aliphatic rings. The number of anilines is 1. The maximum atomic E-state index is 12.4. The van der Waals surface area contributed by atoms with Gasteiger partial charge in [0.05, 0.1) is 23.9 Å². The fourth-order valence-electron chi connectivity index (χ4n) is 2.92. The molecule has 2 aromatic carbocycles. The number of aromatic amines is 1. The van der Waals surface area contributed by atoms with Crippen LogP contribution in [-0.2, 0) is 4.79 Å². The van der Waals surface area contributed by atoms with Gasteiger partial charge < -0.3 is 15.0 Å². The Morgan fingerprint density at radius 1 is 1.13 bits per heavy atom. The highest BCUT2D eigenvalue weighted by Gasteiger charge is 2.14. The van der Waals surface area contributed by atoms with Crippen LogP contribution < -0.4 is 15.6 Å². The van der Waals surface area contributed by atoms with Gasteiger partial charge in [0.15, 0.2) is 18.0 Å². The number of carbonyl (C=O) groups excluding carboxylic acids is 2. The Bertz CT molecular complexity index is 1290. The minimum absolute atomic E-state index is 0.0430. The average molecular weight is 403 g/mol. The van der Waals surface area contributed by atoms with Crippen molar-refractivity contribution in [3.05, 3.63) is 77.0 Å². The van der Waals surface area contributed by atoms with Gasteiger partial charge >= 0.3 is 0 Å². The van der Waals surface area contributed by atoms with E-state index >= 15 is 0 Å². The molecule has 0 unspecified atom stereocenters. The number of aromatic nitrogens is 4. The lowest BCUT2D eigenvalue weighted by Gasteiger charge is -2.12. The molecule has 0 saturated carbocycles. The molecule has 30 heavy (non-hydrogen) atoms. The molecule has 0 fully saturated rings. The van der Waals surface area contributed by atoms with Crippen molar-refractivity contribution < 1.29 is 14.3 Å². The molecule has 2 N–H and O–H groups in total. The number of carbonyl (C=O) groups is 2. The van der Waals surface area contributed by atoms with Crippen molar-refractivity contribution >= 4 is 28.4 Å². The van der Waals surface area contributed by atoms with E-state index in [4.69, 9.17) is 4.74 Å². The lowest BCUT2D eigenvalue weighted by atomic mass is 10.1. The second-order valence-electron chi connectivity index (χ2n) is 6.46. The summed E-state index contributed by atoms with van der Waals surface area (Å²) in [6.45, 7) is 1.26. The van der Waals surface area contributed by atoms with E-state index < -0.39 is 0 Å². The fraction of sp³-hybridized carbons (Fsp3) is 0.0952. The first-order chi connectivity index (χ1) is 14.5. The van der Waals surface area contributed by atoms with Crippen LogP contribution in [0.2, 0.25) is 0 Å². The van der Waals surface area contributed by atoms with Crippen molar-refractivity contribution in [1.29, 1.82) is 0 Å². The van der Waals surface area contributed by atoms with Gasteiger partial charge in [0.2, 0.25) is 0 Å². The first kappa shape index (κ1) is 19.1. The van der Waals surface area contributed by atoms with Gasteiger partial charge in [-0.2, -0.15) is 5.10 Å². The van der Waals surface area contributed by atoms with E-state index in [1.54, 1.807) is 48.5 Å². The first-order valence-electron chi connectivity index (χ1n) is 9.07. The largest absolute Gasteiger partial charge is 0.484 e. The highest BCUT2D eigenvalue weighted by Crippen LogP contribution is 2.22. The molecule has 4 rings (SSSR count). The molecule has 2 aromatic heterocycles. The number of ketones is 1. The van der Waals surface area contributed by atoms with Crippen LogP contribution >= 0.6 is 0 Å². The Hall–Kier alpha value is -4.27. The third-order valence-corrected chi connectivity index (χ3v) is 4.41. The summed E-state index contributed by atoms with van der Waals surface area (Å²) in [6.07, 6.45) is 2.73. The van der Waals surface area contributed by atoms with Crippen molar-refractivity contribution in [3.63, 3.8) is 0 Å². The molecular formula is C21H17N5O4. The van der Waals surface area contributed by atoms with Crippen molar-refractivity contribution in [2.75, 3.05) is 11.9 Å². The molecule has 0 radical (unpaired) electrons. The quantitative estimate of drug-likeness (QED) is 0.477. The topological polar surface area (TPSA) is 119 Å². The second-order valence-corrected chi connectivity index (χ2v) is 6.46. The van der Waals surface area contributed by atoms with E-state index in [2.05, 4.69) is 20.4 Å². The molecule has 0 saturated heterocycles. The zero-order valence-electron chi connectivity index (χ0n) is 16.0. The highest BCUT2D eigenvalue weighted by molar-refractivity contribution is 5.95. The van der Waals surface area contributed by atoms with E-state index in [1.165, 1.54) is 24.1 Å². The summed E-state index contributed by atoms with van der Waals surface area (Å²) in [7, 11) is 0. The van der Waals surface area contributed by atoms with Crippen LogP contribution in [0.4, 0.5) is 5.69 Å². The Balaban J connectivity index is 1.51. The number of ether oxygens (including phenoxy) is 1. The number of amides is 1. The van der Waals surface area contributed by atoms with Gasteiger partial charge in [-0.3, -0.25) is 14.4 Å². The SMILES string of the molecule is CC(=O)c1ccc(OCC(=O)Nc2ccccc2-n2ncc3c(=O)[nH]cnc32)cc1. The number of hydrogen-bond donors (Lipinski definition) is 2. The molecule has 1 amide bonds. The number of Topliss-reactive ketones (excluding diaryl/α,β-unsaturated/α-hetero) is 1. The summed E-state index contributed by atoms with van der Waals surface area (Å²) in [4.78, 5) is 42.3. The van der Waals surface area contributed by atoms with Gasteiger partial charge in [-0.1, -0.05) is 12.1 Å². The lowest BCUT2D eigenvalue weighted by molar-refractivity contribution is -0.118. The summed E-state index contributed by atoms with van der Waals surface area (Å²) in [6, 6.07) is 13.6. The average Bonchev–Trinajstić information content (AvgIpc) is 3.18. The number of fused-ring (bicyclic) bond motifs is 1. The number of nitrogens with zero attached hydrogens (tertiary/aromatic N) is 3. The monoisotopic (exact) mass is 403 g/mol. The molecule has 0 spiro atoms. The van der Waals surface area contributed by atoms with Crippen LogP contribution in [-0.4, -0.2) is 38.0 Å². The molecule has 0 bridgehead atoms. The Morgan fingerprint density at radius 2 is 1.90 bits per heavy atom. The summed E-state index contributed by atoms with van der Waals surface area (Å²) >= 11 is 0. The molecule has 0 atom stereocenters. The fourth-order valence-corrected chi connectivity index (χ4v) is 2.92. The zero-order valence-corrected chi connectivity index (χ0v) is 16.0. The first-order valence-corrected chi connectivity index (χ1v) is 9.07. The third kappa shape index (κ3) is 3.81. The van der Waals surface area contributed by atoms with Crippen LogP contribution in [0.1, 0.15) is 17.3 Å². The third-order valence-electron chi connectivity index (χ3n) is 4.41. The van der Waals surface area contributed by atoms with Crippen LogP contribution in [0.3, 0.4) is 0 Å². The van der Waals surface area contributed by atoms with Crippen LogP contribution in [0, 0.1) is 0 Å². The van der Waals surface area contributed by atoms with E-state index in [1.807, 2.05) is 0 Å². The number of rotatable bonds is 6. The smallest absolute Gasteiger partial charge is 0.262 e. The molecule has 150 valence electrons. The zero-order chi connectivity index (χ0) is 21.1.